The van der Waals surface area contributed by atoms with E-state index in [1.807, 2.05) is 13.0 Å². The average molecular weight is 429 g/mol. The van der Waals surface area contributed by atoms with Gasteiger partial charge in [0.05, 0.1) is 13.7 Å². The van der Waals surface area contributed by atoms with Crippen LogP contribution in [0.15, 0.2) is 36.4 Å². The van der Waals surface area contributed by atoms with E-state index in [9.17, 15) is 9.90 Å². The monoisotopic (exact) mass is 428 g/mol. The van der Waals surface area contributed by atoms with Gasteiger partial charge in [-0.05, 0) is 67.0 Å². The smallest absolute Gasteiger partial charge is 0.305 e. The number of carbonyl (C=O) groups is 1. The summed E-state index contributed by atoms with van der Waals surface area (Å²) in [6, 6.07) is 12.8. The van der Waals surface area contributed by atoms with Crippen molar-refractivity contribution in [2.24, 2.45) is 0 Å². The van der Waals surface area contributed by atoms with Crippen LogP contribution in [0.4, 0.5) is 0 Å². The Morgan fingerprint density at radius 1 is 1.03 bits per heavy atom. The van der Waals surface area contributed by atoms with Gasteiger partial charge in [0.25, 0.3) is 0 Å². The van der Waals surface area contributed by atoms with Crippen LogP contribution in [0.3, 0.4) is 0 Å². The molecule has 0 fully saturated rings. The van der Waals surface area contributed by atoms with Crippen LogP contribution >= 0.6 is 0 Å². The van der Waals surface area contributed by atoms with Gasteiger partial charge in [-0.25, -0.2) is 0 Å². The number of ether oxygens (including phenoxy) is 2. The van der Waals surface area contributed by atoms with Crippen LogP contribution in [0.2, 0.25) is 0 Å². The Balaban J connectivity index is 2.34. The van der Waals surface area contributed by atoms with Crippen molar-refractivity contribution in [2.45, 2.75) is 64.9 Å². The molecule has 0 unspecified atom stereocenters. The molecule has 0 radical (unpaired) electrons. The fourth-order valence-electron chi connectivity index (χ4n) is 4.19. The van der Waals surface area contributed by atoms with Crippen LogP contribution in [0.5, 0.6) is 5.75 Å². The number of methoxy groups -OCH3 is 1. The summed E-state index contributed by atoms with van der Waals surface area (Å²) in [5, 5.41) is 18.5. The maximum Gasteiger partial charge on any atom is 0.305 e. The van der Waals surface area contributed by atoms with Crippen molar-refractivity contribution >= 4 is 5.97 Å². The first-order chi connectivity index (χ1) is 14.8. The molecule has 0 saturated carbocycles. The molecule has 5 heteroatoms. The lowest BCUT2D eigenvalue weighted by Crippen LogP contribution is -2.26. The minimum Gasteiger partial charge on any atom is -0.491 e. The molecule has 0 amide bonds. The topological polar surface area (TPSA) is 76.0 Å². The predicted molar refractivity (Wildman–Crippen MR) is 123 cm³/mol. The minimum atomic E-state index is -0.884. The normalized spacial score (nSPS) is 12.5. The van der Waals surface area contributed by atoms with E-state index in [0.717, 1.165) is 24.0 Å². The van der Waals surface area contributed by atoms with Gasteiger partial charge in [-0.15, -0.1) is 0 Å². The molecular weight excluding hydrogens is 392 g/mol. The molecule has 2 aromatic carbocycles. The first-order valence-electron chi connectivity index (χ1n) is 11.0. The Kier molecular flexibility index (Phi) is 9.08. The molecule has 0 bridgehead atoms. The molecule has 170 valence electrons. The van der Waals surface area contributed by atoms with E-state index in [1.54, 1.807) is 0 Å². The van der Waals surface area contributed by atoms with Crippen LogP contribution in [-0.4, -0.2) is 42.6 Å². The summed E-state index contributed by atoms with van der Waals surface area (Å²) >= 11 is 0. The zero-order valence-corrected chi connectivity index (χ0v) is 19.4. The summed E-state index contributed by atoms with van der Waals surface area (Å²) in [6.45, 7) is 8.27. The second kappa shape index (κ2) is 11.3. The molecular formula is C26H36O5. The standard InChI is InChI=1S/C26H36O5/c1-6-26(7-2,21-10-8-20(18(3)14-21)9-13-25(29)30-5)22-11-12-24(19(4)15-22)31-17-23(28)16-27/h8,10-12,14-15,23,27-28H,6-7,9,13,16-17H2,1-5H3/t23-/m0/s1. The quantitative estimate of drug-likeness (QED) is 0.524. The number of aryl methyl sites for hydroxylation is 3. The lowest BCUT2D eigenvalue weighted by atomic mass is 9.69. The van der Waals surface area contributed by atoms with Crippen molar-refractivity contribution in [3.63, 3.8) is 0 Å². The van der Waals surface area contributed by atoms with E-state index in [-0.39, 0.29) is 24.6 Å². The van der Waals surface area contributed by atoms with Crippen LogP contribution in [0.1, 0.15) is 60.9 Å². The summed E-state index contributed by atoms with van der Waals surface area (Å²) < 4.78 is 10.4. The Morgan fingerprint density at radius 2 is 1.65 bits per heavy atom. The van der Waals surface area contributed by atoms with Gasteiger partial charge in [0, 0.05) is 11.8 Å². The molecule has 31 heavy (non-hydrogen) atoms. The van der Waals surface area contributed by atoms with Crippen molar-refractivity contribution in [3.8, 4) is 5.75 Å². The summed E-state index contributed by atoms with van der Waals surface area (Å²) in [7, 11) is 1.42. The van der Waals surface area contributed by atoms with Crippen LogP contribution < -0.4 is 4.74 Å². The van der Waals surface area contributed by atoms with E-state index in [1.165, 1.54) is 23.8 Å². The molecule has 0 saturated heterocycles. The van der Waals surface area contributed by atoms with Crippen molar-refractivity contribution < 1.29 is 24.5 Å². The zero-order valence-electron chi connectivity index (χ0n) is 19.4. The van der Waals surface area contributed by atoms with E-state index >= 15 is 0 Å². The number of carbonyl (C=O) groups excluding carboxylic acids is 1. The summed E-state index contributed by atoms with van der Waals surface area (Å²) in [5.74, 6) is 0.524. The molecule has 1 atom stereocenters. The number of esters is 1. The number of rotatable bonds is 11. The largest absolute Gasteiger partial charge is 0.491 e. The van der Waals surface area contributed by atoms with Gasteiger partial charge in [-0.1, -0.05) is 44.2 Å². The van der Waals surface area contributed by atoms with Gasteiger partial charge in [0.1, 0.15) is 18.5 Å². The highest BCUT2D eigenvalue weighted by atomic mass is 16.5. The highest BCUT2D eigenvalue weighted by molar-refractivity contribution is 5.69. The molecule has 0 aliphatic heterocycles. The third kappa shape index (κ3) is 5.86. The van der Waals surface area contributed by atoms with E-state index < -0.39 is 6.10 Å². The summed E-state index contributed by atoms with van der Waals surface area (Å²) in [5.41, 5.74) is 5.71. The van der Waals surface area contributed by atoms with Gasteiger partial charge in [-0.3, -0.25) is 4.79 Å². The van der Waals surface area contributed by atoms with Crippen molar-refractivity contribution in [2.75, 3.05) is 20.3 Å². The van der Waals surface area contributed by atoms with Crippen molar-refractivity contribution in [3.05, 3.63) is 64.2 Å². The van der Waals surface area contributed by atoms with Gasteiger partial charge in [-0.2, -0.15) is 0 Å². The number of aliphatic hydroxyl groups excluding tert-OH is 2. The fourth-order valence-corrected chi connectivity index (χ4v) is 4.19. The number of hydrogen-bond acceptors (Lipinski definition) is 5. The molecule has 2 N–H and O–H groups in total. The summed E-state index contributed by atoms with van der Waals surface area (Å²) in [6.07, 6.45) is 2.08. The van der Waals surface area contributed by atoms with E-state index in [4.69, 9.17) is 14.6 Å². The number of hydrogen-bond donors (Lipinski definition) is 2. The number of aliphatic hydroxyl groups is 2. The average Bonchev–Trinajstić information content (AvgIpc) is 2.78. The molecule has 0 heterocycles. The summed E-state index contributed by atoms with van der Waals surface area (Å²) in [4.78, 5) is 11.5. The fraction of sp³-hybridized carbons (Fsp3) is 0.500. The highest BCUT2D eigenvalue weighted by Crippen LogP contribution is 2.41. The SMILES string of the molecule is CCC(CC)(c1ccc(CCC(=O)OC)c(C)c1)c1ccc(OC[C@@H](O)CO)c(C)c1. The third-order valence-electron chi connectivity index (χ3n) is 6.30. The second-order valence-corrected chi connectivity index (χ2v) is 8.13. The zero-order chi connectivity index (χ0) is 23.0. The van der Waals surface area contributed by atoms with Crippen molar-refractivity contribution in [1.82, 2.24) is 0 Å². The van der Waals surface area contributed by atoms with E-state index in [2.05, 4.69) is 51.1 Å². The first kappa shape index (κ1) is 24.9. The van der Waals surface area contributed by atoms with Gasteiger partial charge in [0.15, 0.2) is 0 Å². The third-order valence-corrected chi connectivity index (χ3v) is 6.30. The Labute approximate surface area is 186 Å². The predicted octanol–water partition coefficient (Wildman–Crippen LogP) is 4.25. The van der Waals surface area contributed by atoms with Crippen LogP contribution in [-0.2, 0) is 21.4 Å². The van der Waals surface area contributed by atoms with Crippen LogP contribution in [0, 0.1) is 13.8 Å². The van der Waals surface area contributed by atoms with E-state index in [0.29, 0.717) is 18.6 Å². The van der Waals surface area contributed by atoms with Gasteiger partial charge in [0.2, 0.25) is 0 Å². The molecule has 0 aliphatic carbocycles. The molecule has 0 aliphatic rings. The minimum absolute atomic E-state index is 0.0651. The Bertz CT molecular complexity index is 870. The number of benzene rings is 2. The molecule has 2 rings (SSSR count). The lowest BCUT2D eigenvalue weighted by molar-refractivity contribution is -0.140. The Hall–Kier alpha value is -2.37. The molecule has 0 aromatic heterocycles. The van der Waals surface area contributed by atoms with Gasteiger partial charge >= 0.3 is 5.97 Å². The molecule has 5 nitrogen and oxygen atoms in total. The maximum atomic E-state index is 11.5. The maximum absolute atomic E-state index is 11.5. The molecule has 2 aromatic rings. The first-order valence-corrected chi connectivity index (χ1v) is 11.0. The Morgan fingerprint density at radius 3 is 2.16 bits per heavy atom. The van der Waals surface area contributed by atoms with Gasteiger partial charge < -0.3 is 19.7 Å². The van der Waals surface area contributed by atoms with Crippen molar-refractivity contribution in [1.29, 1.82) is 0 Å². The second-order valence-electron chi connectivity index (χ2n) is 8.13. The van der Waals surface area contributed by atoms with Crippen LogP contribution in [0.25, 0.3) is 0 Å². The lowest BCUT2D eigenvalue weighted by Gasteiger charge is -2.34. The highest BCUT2D eigenvalue weighted by Gasteiger charge is 2.31. The molecule has 0 spiro atoms.